The minimum Gasteiger partial charge on any atom is -0.468 e. The standard InChI is InChI=1S/C24H27NO6/c1-4-30-22(27)24(23(28)31-5-2)18(16-12-8-6-9-13-16)19(21(26)29-3)25-20(24)17-14-10-7-11-15-17/h6-15,18-20,25H,4-5H2,1-3H3/t18-,19+,20+/m1/s1. The van der Waals surface area contributed by atoms with Gasteiger partial charge in [0.05, 0.1) is 26.4 Å². The van der Waals surface area contributed by atoms with Crippen LogP contribution in [0.2, 0.25) is 0 Å². The zero-order valence-corrected chi connectivity index (χ0v) is 17.9. The lowest BCUT2D eigenvalue weighted by atomic mass is 9.66. The fourth-order valence-corrected chi connectivity index (χ4v) is 4.38. The SMILES string of the molecule is CCOC(=O)C1(C(=O)OCC)[C@H](c2ccccc2)[C@@H](C(=O)OC)N[C@H]1c1ccccc1. The minimum atomic E-state index is -1.83. The van der Waals surface area contributed by atoms with Crippen LogP contribution in [0.15, 0.2) is 60.7 Å². The minimum absolute atomic E-state index is 0.0753. The summed E-state index contributed by atoms with van der Waals surface area (Å²) in [5.74, 6) is -2.96. The Morgan fingerprint density at radius 2 is 1.32 bits per heavy atom. The molecule has 7 heteroatoms. The molecule has 0 saturated carbocycles. The molecule has 0 bridgehead atoms. The largest absolute Gasteiger partial charge is 0.468 e. The Morgan fingerprint density at radius 3 is 1.77 bits per heavy atom. The summed E-state index contributed by atoms with van der Waals surface area (Å²) in [6.45, 7) is 3.50. The van der Waals surface area contributed by atoms with Crippen LogP contribution in [0.25, 0.3) is 0 Å². The third-order valence-corrected chi connectivity index (χ3v) is 5.60. The summed E-state index contributed by atoms with van der Waals surface area (Å²) in [5, 5.41) is 3.20. The van der Waals surface area contributed by atoms with E-state index in [0.29, 0.717) is 11.1 Å². The Bertz CT molecular complexity index is 896. The number of ether oxygens (including phenoxy) is 3. The average molecular weight is 425 g/mol. The van der Waals surface area contributed by atoms with E-state index in [4.69, 9.17) is 14.2 Å². The van der Waals surface area contributed by atoms with E-state index in [0.717, 1.165) is 0 Å². The Morgan fingerprint density at radius 1 is 0.839 bits per heavy atom. The third-order valence-electron chi connectivity index (χ3n) is 5.60. The van der Waals surface area contributed by atoms with E-state index in [-0.39, 0.29) is 13.2 Å². The van der Waals surface area contributed by atoms with Gasteiger partial charge in [0, 0.05) is 5.92 Å². The molecule has 1 aliphatic heterocycles. The predicted octanol–water partition coefficient (Wildman–Crippen LogP) is 2.77. The van der Waals surface area contributed by atoms with Crippen LogP contribution in [0.4, 0.5) is 0 Å². The van der Waals surface area contributed by atoms with Crippen LogP contribution in [0.5, 0.6) is 0 Å². The van der Waals surface area contributed by atoms with E-state index in [1.54, 1.807) is 62.4 Å². The monoisotopic (exact) mass is 425 g/mol. The number of rotatable bonds is 7. The van der Waals surface area contributed by atoms with Gasteiger partial charge in [0.2, 0.25) is 0 Å². The van der Waals surface area contributed by atoms with Gasteiger partial charge in [-0.05, 0) is 25.0 Å². The van der Waals surface area contributed by atoms with Gasteiger partial charge in [0.25, 0.3) is 0 Å². The van der Waals surface area contributed by atoms with E-state index in [1.165, 1.54) is 7.11 Å². The predicted molar refractivity (Wildman–Crippen MR) is 113 cm³/mol. The first kappa shape index (κ1) is 22.5. The summed E-state index contributed by atoms with van der Waals surface area (Å²) in [5.41, 5.74) is -0.533. The summed E-state index contributed by atoms with van der Waals surface area (Å²) >= 11 is 0. The summed E-state index contributed by atoms with van der Waals surface area (Å²) in [7, 11) is 1.28. The van der Waals surface area contributed by atoms with Crippen molar-refractivity contribution in [3.8, 4) is 0 Å². The van der Waals surface area contributed by atoms with Gasteiger partial charge in [-0.2, -0.15) is 0 Å². The first-order valence-electron chi connectivity index (χ1n) is 10.3. The normalized spacial score (nSPS) is 21.8. The summed E-state index contributed by atoms with van der Waals surface area (Å²) in [6, 6.07) is 16.2. The third kappa shape index (κ3) is 3.93. The topological polar surface area (TPSA) is 90.9 Å². The number of carbonyl (C=O) groups excluding carboxylic acids is 3. The Balaban J connectivity index is 2.33. The molecule has 3 rings (SSSR count). The molecule has 1 N–H and O–H groups in total. The zero-order chi connectivity index (χ0) is 22.4. The molecule has 3 atom stereocenters. The van der Waals surface area contributed by atoms with Crippen molar-refractivity contribution in [2.75, 3.05) is 20.3 Å². The van der Waals surface area contributed by atoms with E-state index >= 15 is 0 Å². The highest BCUT2D eigenvalue weighted by Crippen LogP contribution is 2.55. The van der Waals surface area contributed by atoms with Crippen LogP contribution in [-0.2, 0) is 28.6 Å². The Hall–Kier alpha value is -3.19. The van der Waals surface area contributed by atoms with Crippen molar-refractivity contribution < 1.29 is 28.6 Å². The van der Waals surface area contributed by atoms with Crippen molar-refractivity contribution in [1.82, 2.24) is 5.32 Å². The number of methoxy groups -OCH3 is 1. The molecule has 0 aromatic heterocycles. The summed E-state index contributed by atoms with van der Waals surface area (Å²) < 4.78 is 15.9. The van der Waals surface area contributed by atoms with Gasteiger partial charge in [0.1, 0.15) is 6.04 Å². The van der Waals surface area contributed by atoms with Gasteiger partial charge in [-0.3, -0.25) is 19.7 Å². The zero-order valence-electron chi connectivity index (χ0n) is 17.9. The lowest BCUT2D eigenvalue weighted by molar-refractivity contribution is -0.174. The first-order valence-corrected chi connectivity index (χ1v) is 10.3. The highest BCUT2D eigenvalue weighted by atomic mass is 16.6. The van der Waals surface area contributed by atoms with Crippen LogP contribution in [0, 0.1) is 5.41 Å². The van der Waals surface area contributed by atoms with Crippen LogP contribution < -0.4 is 5.32 Å². The average Bonchev–Trinajstić information content (AvgIpc) is 3.17. The van der Waals surface area contributed by atoms with Crippen molar-refractivity contribution >= 4 is 17.9 Å². The summed E-state index contributed by atoms with van der Waals surface area (Å²) in [4.78, 5) is 40.0. The van der Waals surface area contributed by atoms with Crippen molar-refractivity contribution in [1.29, 1.82) is 0 Å². The lowest BCUT2D eigenvalue weighted by Crippen LogP contribution is -2.49. The van der Waals surface area contributed by atoms with Crippen LogP contribution in [0.1, 0.15) is 36.9 Å². The van der Waals surface area contributed by atoms with E-state index in [2.05, 4.69) is 5.32 Å². The molecule has 0 amide bonds. The van der Waals surface area contributed by atoms with E-state index < -0.39 is 41.3 Å². The maximum Gasteiger partial charge on any atom is 0.326 e. The van der Waals surface area contributed by atoms with Gasteiger partial charge >= 0.3 is 17.9 Å². The molecule has 2 aromatic rings. The number of nitrogens with one attached hydrogen (secondary N) is 1. The van der Waals surface area contributed by atoms with Crippen molar-refractivity contribution in [2.45, 2.75) is 31.8 Å². The lowest BCUT2D eigenvalue weighted by Gasteiger charge is -2.35. The summed E-state index contributed by atoms with van der Waals surface area (Å²) in [6.07, 6.45) is 0. The molecular formula is C24H27NO6. The Kier molecular flexibility index (Phi) is 7.07. The highest BCUT2D eigenvalue weighted by Gasteiger charge is 2.69. The van der Waals surface area contributed by atoms with E-state index in [1.807, 2.05) is 12.1 Å². The number of carbonyl (C=O) groups is 3. The molecular weight excluding hydrogens is 398 g/mol. The molecule has 1 aliphatic rings. The maximum absolute atomic E-state index is 13.6. The second kappa shape index (κ2) is 9.75. The molecule has 2 aromatic carbocycles. The molecule has 164 valence electrons. The quantitative estimate of drug-likeness (QED) is 0.414. The molecule has 1 saturated heterocycles. The molecule has 0 spiro atoms. The second-order valence-corrected chi connectivity index (χ2v) is 7.21. The maximum atomic E-state index is 13.6. The Labute approximate surface area is 181 Å². The second-order valence-electron chi connectivity index (χ2n) is 7.21. The molecule has 1 heterocycles. The van der Waals surface area contributed by atoms with Gasteiger partial charge in [-0.15, -0.1) is 0 Å². The van der Waals surface area contributed by atoms with Gasteiger partial charge in [0.15, 0.2) is 5.41 Å². The fraction of sp³-hybridized carbons (Fsp3) is 0.375. The van der Waals surface area contributed by atoms with Gasteiger partial charge in [-0.1, -0.05) is 60.7 Å². The number of hydrogen-bond donors (Lipinski definition) is 1. The molecule has 0 unspecified atom stereocenters. The van der Waals surface area contributed by atoms with Gasteiger partial charge < -0.3 is 14.2 Å². The first-order chi connectivity index (χ1) is 15.0. The van der Waals surface area contributed by atoms with Crippen molar-refractivity contribution in [3.63, 3.8) is 0 Å². The smallest absolute Gasteiger partial charge is 0.326 e. The van der Waals surface area contributed by atoms with E-state index in [9.17, 15) is 14.4 Å². The van der Waals surface area contributed by atoms with Crippen molar-refractivity contribution in [2.24, 2.45) is 5.41 Å². The van der Waals surface area contributed by atoms with Crippen LogP contribution in [-0.4, -0.2) is 44.3 Å². The number of benzene rings is 2. The van der Waals surface area contributed by atoms with Crippen LogP contribution >= 0.6 is 0 Å². The molecule has 1 fully saturated rings. The molecule has 7 nitrogen and oxygen atoms in total. The molecule has 0 radical (unpaired) electrons. The number of hydrogen-bond acceptors (Lipinski definition) is 7. The highest BCUT2D eigenvalue weighted by molar-refractivity contribution is 6.04. The van der Waals surface area contributed by atoms with Crippen molar-refractivity contribution in [3.05, 3.63) is 71.8 Å². The fourth-order valence-electron chi connectivity index (χ4n) is 4.38. The number of esters is 3. The van der Waals surface area contributed by atoms with Gasteiger partial charge in [-0.25, -0.2) is 0 Å². The molecule has 31 heavy (non-hydrogen) atoms. The van der Waals surface area contributed by atoms with Crippen LogP contribution in [0.3, 0.4) is 0 Å². The molecule has 0 aliphatic carbocycles.